The van der Waals surface area contributed by atoms with Gasteiger partial charge >= 0.3 is 5.97 Å². The predicted molar refractivity (Wildman–Crippen MR) is 126 cm³/mol. The highest BCUT2D eigenvalue weighted by molar-refractivity contribution is 5.94. The number of ether oxygens (including phenoxy) is 1. The van der Waals surface area contributed by atoms with Crippen LogP contribution in [0.15, 0.2) is 41.5 Å². The van der Waals surface area contributed by atoms with Crippen molar-refractivity contribution in [2.24, 2.45) is 5.10 Å². The molecule has 0 aliphatic carbocycles. The topological polar surface area (TPSA) is 110 Å². The van der Waals surface area contributed by atoms with E-state index in [0.29, 0.717) is 44.7 Å². The van der Waals surface area contributed by atoms with Crippen molar-refractivity contribution in [1.29, 1.82) is 0 Å². The summed E-state index contributed by atoms with van der Waals surface area (Å²) < 4.78 is 5.11. The number of anilines is 1. The molecule has 3 aliphatic rings. The second-order valence-corrected chi connectivity index (χ2v) is 8.76. The number of hydrazone groups is 1. The van der Waals surface area contributed by atoms with Crippen LogP contribution in [-0.2, 0) is 22.6 Å². The highest BCUT2D eigenvalue weighted by Gasteiger charge is 2.27. The number of rotatable bonds is 6. The summed E-state index contributed by atoms with van der Waals surface area (Å²) in [5.41, 5.74) is 10.6. The van der Waals surface area contributed by atoms with E-state index in [9.17, 15) is 14.7 Å². The van der Waals surface area contributed by atoms with Crippen molar-refractivity contribution in [1.82, 2.24) is 20.9 Å². The number of esters is 1. The molecule has 2 aromatic rings. The van der Waals surface area contributed by atoms with Crippen LogP contribution < -0.4 is 16.1 Å². The average Bonchev–Trinajstić information content (AvgIpc) is 3.51. The molecule has 0 radical (unpaired) electrons. The molecule has 10 nitrogen and oxygen atoms in total. The van der Waals surface area contributed by atoms with E-state index in [0.717, 1.165) is 27.9 Å². The van der Waals surface area contributed by atoms with Crippen LogP contribution in [0, 0.1) is 6.92 Å². The zero-order valence-corrected chi connectivity index (χ0v) is 19.0. The number of hydrazine groups is 2. The minimum Gasteiger partial charge on any atom is -0.457 e. The van der Waals surface area contributed by atoms with Crippen molar-refractivity contribution in [2.75, 3.05) is 37.7 Å². The first-order valence-corrected chi connectivity index (χ1v) is 11.4. The number of β-amino-alcohol motifs (C(OH)–C–C–N with tert-alkyl or cyclic N) is 1. The minimum absolute atomic E-state index is 0.106. The molecule has 3 aliphatic heterocycles. The largest absolute Gasteiger partial charge is 0.457 e. The van der Waals surface area contributed by atoms with E-state index < -0.39 is 6.10 Å². The van der Waals surface area contributed by atoms with Crippen molar-refractivity contribution >= 4 is 23.9 Å². The Morgan fingerprint density at radius 2 is 1.91 bits per heavy atom. The first-order valence-electron chi connectivity index (χ1n) is 11.4. The molecule has 178 valence electrons. The number of piperazine rings is 1. The Kier molecular flexibility index (Phi) is 6.18. The maximum absolute atomic E-state index is 12.8. The second kappa shape index (κ2) is 9.41. The summed E-state index contributed by atoms with van der Waals surface area (Å²) >= 11 is 0. The summed E-state index contributed by atoms with van der Waals surface area (Å²) in [6.45, 7) is 5.37. The zero-order valence-electron chi connectivity index (χ0n) is 19.0. The van der Waals surface area contributed by atoms with Gasteiger partial charge in [0.05, 0.1) is 23.8 Å². The monoisotopic (exact) mass is 464 g/mol. The van der Waals surface area contributed by atoms with E-state index in [2.05, 4.69) is 21.1 Å². The van der Waals surface area contributed by atoms with Crippen molar-refractivity contribution in [3.05, 3.63) is 64.2 Å². The van der Waals surface area contributed by atoms with Crippen molar-refractivity contribution in [3.63, 3.8) is 0 Å². The zero-order chi connectivity index (χ0) is 23.7. The molecular weight excluding hydrogens is 436 g/mol. The molecule has 0 aromatic heterocycles. The molecule has 1 fully saturated rings. The van der Waals surface area contributed by atoms with Crippen LogP contribution >= 0.6 is 0 Å². The van der Waals surface area contributed by atoms with Gasteiger partial charge in [-0.2, -0.15) is 5.10 Å². The van der Waals surface area contributed by atoms with Gasteiger partial charge < -0.3 is 14.7 Å². The summed E-state index contributed by atoms with van der Waals surface area (Å²) in [6, 6.07) is 11.3. The van der Waals surface area contributed by atoms with E-state index in [1.54, 1.807) is 17.4 Å². The molecule has 0 bridgehead atoms. The van der Waals surface area contributed by atoms with Gasteiger partial charge in [-0.3, -0.25) is 9.69 Å². The molecule has 34 heavy (non-hydrogen) atoms. The molecule has 1 atom stereocenters. The number of hydrogen-bond donors (Lipinski definition) is 3. The summed E-state index contributed by atoms with van der Waals surface area (Å²) in [6.07, 6.45) is 1.34. The molecule has 10 heteroatoms. The molecular formula is C24H28N6O4. The fraction of sp³-hybridized carbons (Fsp3) is 0.375. The molecule has 0 spiro atoms. The average molecular weight is 465 g/mol. The summed E-state index contributed by atoms with van der Waals surface area (Å²) in [5, 5.41) is 16.5. The fourth-order valence-electron chi connectivity index (χ4n) is 4.64. The van der Waals surface area contributed by atoms with Crippen LogP contribution in [0.4, 0.5) is 5.69 Å². The normalized spacial score (nSPS) is 18.6. The highest BCUT2D eigenvalue weighted by atomic mass is 16.5. The Labute approximate surface area is 197 Å². The lowest BCUT2D eigenvalue weighted by molar-refractivity contribution is -0.132. The smallest absolute Gasteiger partial charge is 0.338 e. The van der Waals surface area contributed by atoms with E-state index in [4.69, 9.17) is 4.74 Å². The first-order chi connectivity index (χ1) is 16.5. The van der Waals surface area contributed by atoms with Gasteiger partial charge in [-0.15, -0.1) is 5.53 Å². The predicted octanol–water partition coefficient (Wildman–Crippen LogP) is 0.858. The van der Waals surface area contributed by atoms with Gasteiger partial charge in [0.15, 0.2) is 0 Å². The number of cyclic esters (lactones) is 1. The quantitative estimate of drug-likeness (QED) is 0.540. The van der Waals surface area contributed by atoms with Crippen LogP contribution in [0.1, 0.15) is 38.7 Å². The van der Waals surface area contributed by atoms with Crippen LogP contribution in [0.3, 0.4) is 0 Å². The third-order valence-electron chi connectivity index (χ3n) is 6.70. The number of aliphatic hydroxyl groups excluding tert-OH is 1. The van der Waals surface area contributed by atoms with Gasteiger partial charge in [0.2, 0.25) is 5.91 Å². The Morgan fingerprint density at radius 3 is 2.62 bits per heavy atom. The Balaban J connectivity index is 1.12. The SMILES string of the molecule is Cc1c(C(O)CN2CCN(C(=O)Cc3ccc(N4C=NNN4)cc3)CC2)ccc2c1COC2=O. The van der Waals surface area contributed by atoms with Gasteiger partial charge in [0.1, 0.15) is 12.9 Å². The molecule has 1 amide bonds. The lowest BCUT2D eigenvalue weighted by atomic mass is 9.95. The van der Waals surface area contributed by atoms with Gasteiger partial charge in [-0.05, 0) is 41.8 Å². The van der Waals surface area contributed by atoms with Gasteiger partial charge in [-0.25, -0.2) is 15.3 Å². The van der Waals surface area contributed by atoms with Crippen molar-refractivity contribution in [2.45, 2.75) is 26.1 Å². The maximum Gasteiger partial charge on any atom is 0.338 e. The van der Waals surface area contributed by atoms with E-state index >= 15 is 0 Å². The number of nitrogens with one attached hydrogen (secondary N) is 2. The molecule has 3 N–H and O–H groups in total. The number of fused-ring (bicyclic) bond motifs is 1. The number of benzene rings is 2. The van der Waals surface area contributed by atoms with Gasteiger partial charge in [0, 0.05) is 38.3 Å². The molecule has 3 heterocycles. The lowest BCUT2D eigenvalue weighted by Gasteiger charge is -2.36. The van der Waals surface area contributed by atoms with Crippen LogP contribution in [-0.4, -0.2) is 65.8 Å². The van der Waals surface area contributed by atoms with Crippen molar-refractivity contribution < 1.29 is 19.4 Å². The standard InChI is InChI=1S/C24H28N6O4/c1-16-19(6-7-20-21(16)14-34-24(20)33)22(31)13-28-8-10-29(11-9-28)23(32)12-17-2-4-18(5-3-17)30-15-25-26-27-30/h2-7,15,22,26-27,31H,8-14H2,1H3. The van der Waals surface area contributed by atoms with E-state index in [1.165, 1.54) is 0 Å². The summed E-state index contributed by atoms with van der Waals surface area (Å²) in [5.74, 6) is -0.194. The maximum atomic E-state index is 12.8. The van der Waals surface area contributed by atoms with Crippen LogP contribution in [0.5, 0.6) is 0 Å². The van der Waals surface area contributed by atoms with E-state index in [-0.39, 0.29) is 18.5 Å². The van der Waals surface area contributed by atoms with Crippen LogP contribution in [0.2, 0.25) is 0 Å². The Morgan fingerprint density at radius 1 is 1.15 bits per heavy atom. The molecule has 1 saturated heterocycles. The minimum atomic E-state index is -0.660. The van der Waals surface area contributed by atoms with Gasteiger partial charge in [0.25, 0.3) is 0 Å². The number of amides is 1. The van der Waals surface area contributed by atoms with Crippen molar-refractivity contribution in [3.8, 4) is 0 Å². The molecule has 5 rings (SSSR count). The Bertz CT molecular complexity index is 1110. The summed E-state index contributed by atoms with van der Waals surface area (Å²) in [4.78, 5) is 28.6. The second-order valence-electron chi connectivity index (χ2n) is 8.76. The van der Waals surface area contributed by atoms with Gasteiger partial charge in [-0.1, -0.05) is 18.2 Å². The Hall–Kier alpha value is -3.47. The third-order valence-corrected chi connectivity index (χ3v) is 6.70. The lowest BCUT2D eigenvalue weighted by Crippen LogP contribution is -2.50. The summed E-state index contributed by atoms with van der Waals surface area (Å²) in [7, 11) is 0. The molecule has 2 aromatic carbocycles. The first kappa shape index (κ1) is 22.3. The molecule has 0 saturated carbocycles. The third kappa shape index (κ3) is 4.47. The van der Waals surface area contributed by atoms with Crippen LogP contribution in [0.25, 0.3) is 0 Å². The fourth-order valence-corrected chi connectivity index (χ4v) is 4.64. The number of aliphatic hydroxyl groups is 1. The number of carbonyl (C=O) groups excluding carboxylic acids is 2. The number of hydrogen-bond acceptors (Lipinski definition) is 9. The van der Waals surface area contributed by atoms with E-state index in [1.807, 2.05) is 42.2 Å². The molecule has 1 unspecified atom stereocenters. The number of carbonyl (C=O) groups is 2. The highest BCUT2D eigenvalue weighted by Crippen LogP contribution is 2.29. The number of nitrogens with zero attached hydrogens (tertiary/aromatic N) is 4.